The first-order valence-corrected chi connectivity index (χ1v) is 5.33. The first-order valence-electron chi connectivity index (χ1n) is 5.33. The van der Waals surface area contributed by atoms with Crippen molar-refractivity contribution in [1.82, 2.24) is 0 Å². The summed E-state index contributed by atoms with van der Waals surface area (Å²) in [7, 11) is 0. The number of carbonyl (C=O) groups excluding carboxylic acids is 2. The summed E-state index contributed by atoms with van der Waals surface area (Å²) in [4.78, 5) is 21.8. The first kappa shape index (κ1) is 14.8. The molecule has 1 aliphatic rings. The molecule has 0 amide bonds. The van der Waals surface area contributed by atoms with Gasteiger partial charge in [0.1, 0.15) is 18.3 Å². The number of aliphatic hydroxyl groups is 3. The SMILES string of the molecule is CC(=O)OC1O[C@H](CO)[C@@H](O)[C@H](O)[C@@H]1OC(C)=O. The van der Waals surface area contributed by atoms with Gasteiger partial charge in [-0.2, -0.15) is 0 Å². The van der Waals surface area contributed by atoms with E-state index in [0.717, 1.165) is 13.8 Å². The fourth-order valence-corrected chi connectivity index (χ4v) is 1.63. The van der Waals surface area contributed by atoms with Gasteiger partial charge in [-0.05, 0) is 0 Å². The lowest BCUT2D eigenvalue weighted by Crippen LogP contribution is -2.60. The van der Waals surface area contributed by atoms with E-state index in [1.165, 1.54) is 0 Å². The predicted octanol–water partition coefficient (Wildman–Crippen LogP) is -2.08. The zero-order chi connectivity index (χ0) is 13.9. The number of ether oxygens (including phenoxy) is 3. The Bertz CT molecular complexity index is 317. The third kappa shape index (κ3) is 3.39. The van der Waals surface area contributed by atoms with Crippen LogP contribution in [0.2, 0.25) is 0 Å². The van der Waals surface area contributed by atoms with Crippen LogP contribution in [0.25, 0.3) is 0 Å². The topological polar surface area (TPSA) is 123 Å². The highest BCUT2D eigenvalue weighted by molar-refractivity contribution is 5.67. The van der Waals surface area contributed by atoms with Gasteiger partial charge in [-0.25, -0.2) is 0 Å². The smallest absolute Gasteiger partial charge is 0.305 e. The van der Waals surface area contributed by atoms with E-state index < -0.39 is 49.3 Å². The minimum absolute atomic E-state index is 0.581. The van der Waals surface area contributed by atoms with Crippen molar-refractivity contribution in [3.63, 3.8) is 0 Å². The van der Waals surface area contributed by atoms with Gasteiger partial charge in [0.05, 0.1) is 6.61 Å². The molecule has 0 bridgehead atoms. The summed E-state index contributed by atoms with van der Waals surface area (Å²) < 4.78 is 14.5. The summed E-state index contributed by atoms with van der Waals surface area (Å²) in [5.41, 5.74) is 0. The molecule has 0 spiro atoms. The third-order valence-corrected chi connectivity index (χ3v) is 2.41. The summed E-state index contributed by atoms with van der Waals surface area (Å²) >= 11 is 0. The Balaban J connectivity index is 2.86. The predicted molar refractivity (Wildman–Crippen MR) is 55.1 cm³/mol. The highest BCUT2D eigenvalue weighted by Crippen LogP contribution is 2.24. The highest BCUT2D eigenvalue weighted by atomic mass is 16.7. The van der Waals surface area contributed by atoms with Crippen LogP contribution in [0.15, 0.2) is 0 Å². The van der Waals surface area contributed by atoms with E-state index >= 15 is 0 Å². The maximum atomic E-state index is 10.9. The van der Waals surface area contributed by atoms with Crippen molar-refractivity contribution >= 4 is 11.9 Å². The van der Waals surface area contributed by atoms with Crippen LogP contribution >= 0.6 is 0 Å². The lowest BCUT2D eigenvalue weighted by Gasteiger charge is -2.40. The number of carbonyl (C=O) groups is 2. The molecule has 1 heterocycles. The molecule has 1 fully saturated rings. The van der Waals surface area contributed by atoms with Gasteiger partial charge in [0.25, 0.3) is 0 Å². The van der Waals surface area contributed by atoms with Crippen LogP contribution in [0.5, 0.6) is 0 Å². The first-order chi connectivity index (χ1) is 8.36. The van der Waals surface area contributed by atoms with E-state index in [1.54, 1.807) is 0 Å². The third-order valence-electron chi connectivity index (χ3n) is 2.41. The molecule has 8 heteroatoms. The van der Waals surface area contributed by atoms with Gasteiger partial charge in [0.2, 0.25) is 6.29 Å². The molecule has 0 aromatic carbocycles. The van der Waals surface area contributed by atoms with E-state index in [9.17, 15) is 19.8 Å². The molecule has 0 saturated carbocycles. The van der Waals surface area contributed by atoms with E-state index in [1.807, 2.05) is 0 Å². The van der Waals surface area contributed by atoms with Gasteiger partial charge in [-0.3, -0.25) is 9.59 Å². The van der Waals surface area contributed by atoms with Gasteiger partial charge < -0.3 is 29.5 Å². The Morgan fingerprint density at radius 1 is 1.11 bits per heavy atom. The molecule has 0 aromatic heterocycles. The fraction of sp³-hybridized carbons (Fsp3) is 0.800. The fourth-order valence-electron chi connectivity index (χ4n) is 1.63. The Morgan fingerprint density at radius 2 is 1.67 bits per heavy atom. The molecule has 18 heavy (non-hydrogen) atoms. The molecule has 1 aliphatic heterocycles. The van der Waals surface area contributed by atoms with Crippen LogP contribution < -0.4 is 0 Å². The Morgan fingerprint density at radius 3 is 2.11 bits per heavy atom. The van der Waals surface area contributed by atoms with Gasteiger partial charge in [-0.15, -0.1) is 0 Å². The van der Waals surface area contributed by atoms with Crippen LogP contribution in [0.4, 0.5) is 0 Å². The molecule has 3 N–H and O–H groups in total. The Hall–Kier alpha value is -1.22. The summed E-state index contributed by atoms with van der Waals surface area (Å²) in [6.07, 6.45) is -6.82. The molecule has 104 valence electrons. The second-order valence-corrected chi connectivity index (χ2v) is 3.89. The molecular weight excluding hydrogens is 248 g/mol. The molecule has 5 atom stereocenters. The number of aliphatic hydroxyl groups excluding tert-OH is 3. The lowest BCUT2D eigenvalue weighted by atomic mass is 9.99. The quantitative estimate of drug-likeness (QED) is 0.496. The van der Waals surface area contributed by atoms with Crippen LogP contribution in [-0.4, -0.2) is 64.6 Å². The lowest BCUT2D eigenvalue weighted by molar-refractivity contribution is -0.295. The van der Waals surface area contributed by atoms with Crippen LogP contribution in [0, 0.1) is 0 Å². The maximum absolute atomic E-state index is 10.9. The summed E-state index contributed by atoms with van der Waals surface area (Å²) in [6.45, 7) is 1.63. The molecule has 1 saturated heterocycles. The Kier molecular flexibility index (Phi) is 5.03. The average Bonchev–Trinajstić information content (AvgIpc) is 2.27. The average molecular weight is 264 g/mol. The largest absolute Gasteiger partial charge is 0.453 e. The second-order valence-electron chi connectivity index (χ2n) is 3.89. The zero-order valence-corrected chi connectivity index (χ0v) is 9.98. The van der Waals surface area contributed by atoms with Crippen molar-refractivity contribution in [2.45, 2.75) is 44.6 Å². The van der Waals surface area contributed by atoms with E-state index in [4.69, 9.17) is 19.3 Å². The molecule has 1 unspecified atom stereocenters. The minimum Gasteiger partial charge on any atom is -0.453 e. The monoisotopic (exact) mass is 264 g/mol. The highest BCUT2D eigenvalue weighted by Gasteiger charge is 2.47. The van der Waals surface area contributed by atoms with E-state index in [-0.39, 0.29) is 0 Å². The van der Waals surface area contributed by atoms with Gasteiger partial charge in [0.15, 0.2) is 6.10 Å². The zero-order valence-electron chi connectivity index (χ0n) is 9.98. The molecule has 0 aliphatic carbocycles. The second kappa shape index (κ2) is 6.10. The van der Waals surface area contributed by atoms with Gasteiger partial charge in [0, 0.05) is 13.8 Å². The summed E-state index contributed by atoms with van der Waals surface area (Å²) in [5.74, 6) is -1.44. The standard InChI is InChI=1S/C10H16O8/c1-4(12)16-9-8(15)7(14)6(3-11)18-10(9)17-5(2)13/h6-11,14-15H,3H2,1-2H3/t6-,7-,8+,9+,10?/m1/s1. The molecule has 0 aromatic rings. The van der Waals surface area contributed by atoms with Crippen molar-refractivity contribution in [2.24, 2.45) is 0 Å². The van der Waals surface area contributed by atoms with Crippen LogP contribution in [-0.2, 0) is 23.8 Å². The van der Waals surface area contributed by atoms with Crippen molar-refractivity contribution in [1.29, 1.82) is 0 Å². The van der Waals surface area contributed by atoms with E-state index in [0.29, 0.717) is 0 Å². The van der Waals surface area contributed by atoms with Crippen LogP contribution in [0.3, 0.4) is 0 Å². The minimum atomic E-state index is -1.52. The summed E-state index contributed by atoms with van der Waals surface area (Å²) in [5, 5.41) is 28.3. The maximum Gasteiger partial charge on any atom is 0.305 e. The van der Waals surface area contributed by atoms with Crippen LogP contribution in [0.1, 0.15) is 13.8 Å². The van der Waals surface area contributed by atoms with Gasteiger partial charge >= 0.3 is 11.9 Å². The number of hydrogen-bond donors (Lipinski definition) is 3. The molecule has 8 nitrogen and oxygen atoms in total. The number of hydrogen-bond acceptors (Lipinski definition) is 8. The molecular formula is C10H16O8. The van der Waals surface area contributed by atoms with Crippen molar-refractivity contribution in [2.75, 3.05) is 6.61 Å². The van der Waals surface area contributed by atoms with Crippen molar-refractivity contribution in [3.05, 3.63) is 0 Å². The normalized spacial score (nSPS) is 35.9. The van der Waals surface area contributed by atoms with Gasteiger partial charge in [-0.1, -0.05) is 0 Å². The summed E-state index contributed by atoms with van der Waals surface area (Å²) in [6, 6.07) is 0. The Labute approximate surface area is 103 Å². The molecule has 1 rings (SSSR count). The number of esters is 2. The van der Waals surface area contributed by atoms with Crippen molar-refractivity contribution < 1.29 is 39.1 Å². The number of rotatable bonds is 3. The van der Waals surface area contributed by atoms with Crippen molar-refractivity contribution in [3.8, 4) is 0 Å². The van der Waals surface area contributed by atoms with E-state index in [2.05, 4.69) is 0 Å². The molecule has 0 radical (unpaired) electrons.